The van der Waals surface area contributed by atoms with Crippen molar-refractivity contribution < 1.29 is 14.3 Å². The smallest absolute Gasteiger partial charge is 0.261 e. The number of hydrogen-bond acceptors (Lipinski definition) is 3. The number of carbonyl (C=O) groups is 2. The molecule has 2 amide bonds. The lowest BCUT2D eigenvalue weighted by molar-refractivity contribution is -0.143. The van der Waals surface area contributed by atoms with E-state index in [1.807, 2.05) is 31.2 Å². The van der Waals surface area contributed by atoms with Crippen molar-refractivity contribution in [2.75, 3.05) is 6.61 Å². The third-order valence-corrected chi connectivity index (χ3v) is 6.97. The highest BCUT2D eigenvalue weighted by Gasteiger charge is 2.31. The Kier molecular flexibility index (Phi) is 10.1. The van der Waals surface area contributed by atoms with E-state index in [2.05, 4.69) is 12.2 Å². The summed E-state index contributed by atoms with van der Waals surface area (Å²) in [6.07, 6.45) is 6.83. The molecule has 184 valence electrons. The van der Waals surface area contributed by atoms with Gasteiger partial charge in [0.05, 0.1) is 0 Å². The molecule has 1 saturated carbocycles. The van der Waals surface area contributed by atoms with Gasteiger partial charge < -0.3 is 15.0 Å². The lowest BCUT2D eigenvalue weighted by atomic mass is 9.95. The van der Waals surface area contributed by atoms with E-state index in [1.54, 1.807) is 23.1 Å². The van der Waals surface area contributed by atoms with Gasteiger partial charge in [0.2, 0.25) is 5.91 Å². The van der Waals surface area contributed by atoms with Crippen molar-refractivity contribution in [1.29, 1.82) is 0 Å². The molecule has 3 rings (SSSR count). The average Bonchev–Trinajstić information content (AvgIpc) is 2.84. The summed E-state index contributed by atoms with van der Waals surface area (Å²) in [5.41, 5.74) is 1.93. The molecule has 0 radical (unpaired) electrons. The highest BCUT2D eigenvalue weighted by atomic mass is 35.5. The van der Waals surface area contributed by atoms with Crippen molar-refractivity contribution in [3.63, 3.8) is 0 Å². The molecule has 2 aromatic rings. The first-order chi connectivity index (χ1) is 16.4. The van der Waals surface area contributed by atoms with Gasteiger partial charge in [-0.25, -0.2) is 0 Å². The normalized spacial score (nSPS) is 14.9. The minimum Gasteiger partial charge on any atom is -0.484 e. The van der Waals surface area contributed by atoms with Crippen LogP contribution in [0.3, 0.4) is 0 Å². The van der Waals surface area contributed by atoms with Crippen LogP contribution in [-0.2, 0) is 22.6 Å². The second-order valence-electron chi connectivity index (χ2n) is 8.81. The van der Waals surface area contributed by atoms with Crippen LogP contribution in [0.25, 0.3) is 0 Å². The Labute approximate surface area is 212 Å². The minimum atomic E-state index is -0.618. The number of amides is 2. The Balaban J connectivity index is 1.77. The summed E-state index contributed by atoms with van der Waals surface area (Å²) in [7, 11) is 0. The van der Waals surface area contributed by atoms with Crippen molar-refractivity contribution >= 4 is 35.0 Å². The molecular formula is C27H34Cl2N2O3. The number of halogens is 2. The summed E-state index contributed by atoms with van der Waals surface area (Å²) in [5, 5.41) is 4.16. The lowest BCUT2D eigenvalue weighted by Gasteiger charge is -2.33. The quantitative estimate of drug-likeness (QED) is 0.419. The van der Waals surface area contributed by atoms with Crippen LogP contribution in [0.5, 0.6) is 5.75 Å². The van der Waals surface area contributed by atoms with Crippen LogP contribution in [-0.4, -0.2) is 35.4 Å². The van der Waals surface area contributed by atoms with Crippen LogP contribution < -0.4 is 10.1 Å². The number of rotatable bonds is 10. The van der Waals surface area contributed by atoms with Gasteiger partial charge >= 0.3 is 0 Å². The molecule has 0 bridgehead atoms. The molecule has 7 heteroatoms. The van der Waals surface area contributed by atoms with Gasteiger partial charge in [0.25, 0.3) is 5.91 Å². The van der Waals surface area contributed by atoms with Crippen LogP contribution in [0, 0.1) is 0 Å². The molecule has 2 aromatic carbocycles. The first-order valence-electron chi connectivity index (χ1n) is 12.2. The Hall–Kier alpha value is -2.24. The summed E-state index contributed by atoms with van der Waals surface area (Å²) in [6.45, 7) is 4.04. The number of nitrogens with one attached hydrogen (secondary N) is 1. The maximum Gasteiger partial charge on any atom is 0.261 e. The van der Waals surface area contributed by atoms with Gasteiger partial charge in [0, 0.05) is 22.6 Å². The fourth-order valence-corrected chi connectivity index (χ4v) is 4.81. The molecule has 0 spiro atoms. The zero-order valence-electron chi connectivity index (χ0n) is 20.0. The monoisotopic (exact) mass is 504 g/mol. The summed E-state index contributed by atoms with van der Waals surface area (Å²) in [4.78, 5) is 28.2. The van der Waals surface area contributed by atoms with Crippen molar-refractivity contribution in [3.05, 3.63) is 63.6 Å². The molecular weight excluding hydrogens is 471 g/mol. The molecule has 0 saturated heterocycles. The van der Waals surface area contributed by atoms with Gasteiger partial charge in [-0.2, -0.15) is 0 Å². The average molecular weight is 505 g/mol. The Bertz CT molecular complexity index is 959. The predicted octanol–water partition coefficient (Wildman–Crippen LogP) is 6.19. The molecule has 0 aliphatic heterocycles. The zero-order chi connectivity index (χ0) is 24.5. The van der Waals surface area contributed by atoms with E-state index in [0.717, 1.165) is 37.7 Å². The molecule has 1 aliphatic carbocycles. The number of carbonyl (C=O) groups excluding carboxylic acids is 2. The summed E-state index contributed by atoms with van der Waals surface area (Å²) in [5.74, 6) is 0.228. The lowest BCUT2D eigenvalue weighted by Crippen LogP contribution is -2.52. The number of nitrogens with zero attached hydrogens (tertiary/aromatic N) is 1. The number of ether oxygens (including phenoxy) is 1. The molecule has 1 unspecified atom stereocenters. The molecule has 1 N–H and O–H groups in total. The molecule has 5 nitrogen and oxygen atoms in total. The van der Waals surface area contributed by atoms with Gasteiger partial charge in [-0.05, 0) is 61.1 Å². The first kappa shape index (κ1) is 26.4. The van der Waals surface area contributed by atoms with Crippen LogP contribution >= 0.6 is 23.2 Å². The molecule has 1 atom stereocenters. The topological polar surface area (TPSA) is 58.6 Å². The second-order valence-corrected chi connectivity index (χ2v) is 9.65. The molecule has 0 aromatic heterocycles. The van der Waals surface area contributed by atoms with Crippen LogP contribution in [0.1, 0.15) is 63.5 Å². The van der Waals surface area contributed by atoms with E-state index in [-0.39, 0.29) is 31.0 Å². The highest BCUT2D eigenvalue weighted by molar-refractivity contribution is 6.35. The summed E-state index contributed by atoms with van der Waals surface area (Å²) in [6, 6.07) is 12.4. The van der Waals surface area contributed by atoms with Crippen LogP contribution in [0.2, 0.25) is 10.0 Å². The fourth-order valence-electron chi connectivity index (χ4n) is 4.35. The maximum atomic E-state index is 13.4. The number of aryl methyl sites for hydroxylation is 1. The Morgan fingerprint density at radius 3 is 2.38 bits per heavy atom. The largest absolute Gasteiger partial charge is 0.484 e. The first-order valence-corrected chi connectivity index (χ1v) is 12.9. The van der Waals surface area contributed by atoms with Gasteiger partial charge in [0.15, 0.2) is 6.61 Å². The zero-order valence-corrected chi connectivity index (χ0v) is 21.5. The van der Waals surface area contributed by atoms with E-state index in [0.29, 0.717) is 22.2 Å². The van der Waals surface area contributed by atoms with Gasteiger partial charge in [-0.1, -0.05) is 74.5 Å². The van der Waals surface area contributed by atoms with Gasteiger partial charge in [-0.3, -0.25) is 9.59 Å². The summed E-state index contributed by atoms with van der Waals surface area (Å²) >= 11 is 12.5. The second kappa shape index (κ2) is 13.0. The maximum absolute atomic E-state index is 13.4. The SMILES string of the molecule is CCc1ccc(OCC(=O)N(Cc2ccc(Cl)cc2Cl)C(CC)C(=O)NC2CCCCC2)cc1. The minimum absolute atomic E-state index is 0.125. The molecule has 1 aliphatic rings. The Morgan fingerprint density at radius 1 is 1.06 bits per heavy atom. The van der Waals surface area contributed by atoms with E-state index >= 15 is 0 Å². The summed E-state index contributed by atoms with van der Waals surface area (Å²) < 4.78 is 5.78. The third kappa shape index (κ3) is 7.38. The molecule has 1 fully saturated rings. The van der Waals surface area contributed by atoms with Crippen molar-refractivity contribution in [1.82, 2.24) is 10.2 Å². The number of benzene rings is 2. The molecule has 0 heterocycles. The van der Waals surface area contributed by atoms with Crippen molar-refractivity contribution in [2.24, 2.45) is 0 Å². The van der Waals surface area contributed by atoms with E-state index in [4.69, 9.17) is 27.9 Å². The van der Waals surface area contributed by atoms with Gasteiger partial charge in [-0.15, -0.1) is 0 Å². The fraction of sp³-hybridized carbons (Fsp3) is 0.481. The van der Waals surface area contributed by atoms with E-state index in [9.17, 15) is 9.59 Å². The van der Waals surface area contributed by atoms with E-state index < -0.39 is 6.04 Å². The van der Waals surface area contributed by atoms with Crippen LogP contribution in [0.15, 0.2) is 42.5 Å². The van der Waals surface area contributed by atoms with E-state index in [1.165, 1.54) is 12.0 Å². The highest BCUT2D eigenvalue weighted by Crippen LogP contribution is 2.24. The number of hydrogen-bond donors (Lipinski definition) is 1. The van der Waals surface area contributed by atoms with Crippen LogP contribution in [0.4, 0.5) is 0 Å². The Morgan fingerprint density at radius 2 is 1.76 bits per heavy atom. The third-order valence-electron chi connectivity index (χ3n) is 6.39. The molecule has 34 heavy (non-hydrogen) atoms. The van der Waals surface area contributed by atoms with Crippen molar-refractivity contribution in [3.8, 4) is 5.75 Å². The van der Waals surface area contributed by atoms with Crippen molar-refractivity contribution in [2.45, 2.75) is 77.4 Å². The standard InChI is InChI=1S/C27H34Cl2N2O3/c1-3-19-10-14-23(15-11-19)34-18-26(32)31(17-20-12-13-21(28)16-24(20)29)25(4-2)27(33)30-22-8-6-5-7-9-22/h10-16,22,25H,3-9,17-18H2,1-2H3,(H,30,33). The van der Waals surface area contributed by atoms with Gasteiger partial charge in [0.1, 0.15) is 11.8 Å². The predicted molar refractivity (Wildman–Crippen MR) is 137 cm³/mol.